The number of hydrogen-bond donors (Lipinski definition) is 0. The van der Waals surface area contributed by atoms with E-state index in [1.807, 2.05) is 19.1 Å². The van der Waals surface area contributed by atoms with E-state index in [0.717, 1.165) is 43.1 Å². The van der Waals surface area contributed by atoms with Gasteiger partial charge in [-0.25, -0.2) is 9.97 Å². The Bertz CT molecular complexity index is 736. The highest BCUT2D eigenvalue weighted by atomic mass is 16.6. The van der Waals surface area contributed by atoms with Gasteiger partial charge in [-0.05, 0) is 18.9 Å². The van der Waals surface area contributed by atoms with Crippen molar-refractivity contribution in [3.05, 3.63) is 58.0 Å². The number of aryl methyl sites for hydroxylation is 1. The van der Waals surface area contributed by atoms with Crippen molar-refractivity contribution in [2.24, 2.45) is 0 Å². The molecule has 0 amide bonds. The topological polar surface area (TPSA) is 75.4 Å². The molecule has 0 N–H and O–H groups in total. The Balaban J connectivity index is 1.63. The number of aromatic nitrogens is 2. The standard InChI is InChI=1S/C17H21N5O2/c1-13-8-17(19-12-18-13)20(2)16-6-7-21(11-16)10-14-4-3-5-15(9-14)22(23)24/h3-5,8-9,12,16H,6-7,10-11H2,1-2H3. The second-order valence-corrected chi connectivity index (χ2v) is 6.23. The van der Waals surface area contributed by atoms with E-state index in [2.05, 4.69) is 26.8 Å². The first kappa shape index (κ1) is 16.3. The fourth-order valence-corrected chi connectivity index (χ4v) is 3.12. The zero-order valence-electron chi connectivity index (χ0n) is 13.9. The molecule has 0 spiro atoms. The molecule has 1 aromatic heterocycles. The predicted octanol–water partition coefficient (Wildman–Crippen LogP) is 2.40. The molecule has 3 rings (SSSR count). The lowest BCUT2D eigenvalue weighted by atomic mass is 10.2. The van der Waals surface area contributed by atoms with Crippen LogP contribution in [0.5, 0.6) is 0 Å². The SMILES string of the molecule is Cc1cc(N(C)C2CCN(Cc3cccc([N+](=O)[O-])c3)C2)ncn1. The minimum atomic E-state index is -0.346. The van der Waals surface area contributed by atoms with Crippen LogP contribution in [0.1, 0.15) is 17.7 Å². The van der Waals surface area contributed by atoms with E-state index >= 15 is 0 Å². The van der Waals surface area contributed by atoms with Crippen LogP contribution in [0.4, 0.5) is 11.5 Å². The molecule has 1 atom stereocenters. The zero-order chi connectivity index (χ0) is 17.1. The number of benzene rings is 1. The molecule has 24 heavy (non-hydrogen) atoms. The van der Waals surface area contributed by atoms with E-state index in [4.69, 9.17) is 0 Å². The van der Waals surface area contributed by atoms with Gasteiger partial charge in [-0.15, -0.1) is 0 Å². The maximum absolute atomic E-state index is 10.9. The highest BCUT2D eigenvalue weighted by Crippen LogP contribution is 2.22. The first-order valence-electron chi connectivity index (χ1n) is 8.00. The Morgan fingerprint density at radius 3 is 2.96 bits per heavy atom. The Morgan fingerprint density at radius 2 is 2.21 bits per heavy atom. The lowest BCUT2D eigenvalue weighted by Crippen LogP contribution is -2.35. The third-order valence-electron chi connectivity index (χ3n) is 4.47. The van der Waals surface area contributed by atoms with E-state index in [-0.39, 0.29) is 10.6 Å². The van der Waals surface area contributed by atoms with Crippen LogP contribution in [0.15, 0.2) is 36.7 Å². The van der Waals surface area contributed by atoms with Crippen molar-refractivity contribution in [2.75, 3.05) is 25.0 Å². The number of likely N-dealkylation sites (N-methyl/N-ethyl adjacent to an activating group) is 1. The molecule has 1 saturated heterocycles. The minimum Gasteiger partial charge on any atom is -0.355 e. The third kappa shape index (κ3) is 3.68. The van der Waals surface area contributed by atoms with Crippen LogP contribution in [0.3, 0.4) is 0 Å². The van der Waals surface area contributed by atoms with Gasteiger partial charge in [0, 0.05) is 56.6 Å². The van der Waals surface area contributed by atoms with Crippen molar-refractivity contribution in [3.8, 4) is 0 Å². The average molecular weight is 327 g/mol. The summed E-state index contributed by atoms with van der Waals surface area (Å²) < 4.78 is 0. The number of likely N-dealkylation sites (tertiary alicyclic amines) is 1. The van der Waals surface area contributed by atoms with Gasteiger partial charge in [-0.3, -0.25) is 15.0 Å². The van der Waals surface area contributed by atoms with Gasteiger partial charge in [-0.1, -0.05) is 12.1 Å². The van der Waals surface area contributed by atoms with Crippen LogP contribution in [-0.4, -0.2) is 46.0 Å². The second kappa shape index (κ2) is 6.92. The molecule has 1 fully saturated rings. The van der Waals surface area contributed by atoms with Crippen LogP contribution in [0.2, 0.25) is 0 Å². The van der Waals surface area contributed by atoms with E-state index in [0.29, 0.717) is 6.04 Å². The van der Waals surface area contributed by atoms with E-state index in [9.17, 15) is 10.1 Å². The van der Waals surface area contributed by atoms with Gasteiger partial charge < -0.3 is 4.90 Å². The number of nitro benzene ring substituents is 1. The van der Waals surface area contributed by atoms with E-state index in [1.54, 1.807) is 18.5 Å². The fraction of sp³-hybridized carbons (Fsp3) is 0.412. The Labute approximate surface area is 141 Å². The maximum atomic E-state index is 10.9. The highest BCUT2D eigenvalue weighted by molar-refractivity contribution is 5.39. The van der Waals surface area contributed by atoms with Crippen molar-refractivity contribution < 1.29 is 4.92 Å². The number of hydrogen-bond acceptors (Lipinski definition) is 6. The molecule has 126 valence electrons. The van der Waals surface area contributed by atoms with Crippen molar-refractivity contribution in [1.82, 2.24) is 14.9 Å². The van der Waals surface area contributed by atoms with Crippen molar-refractivity contribution in [2.45, 2.75) is 25.9 Å². The average Bonchev–Trinajstić information content (AvgIpc) is 3.03. The van der Waals surface area contributed by atoms with Crippen LogP contribution in [0.25, 0.3) is 0 Å². The number of anilines is 1. The fourth-order valence-electron chi connectivity index (χ4n) is 3.12. The maximum Gasteiger partial charge on any atom is 0.269 e. The Hall–Kier alpha value is -2.54. The quantitative estimate of drug-likeness (QED) is 0.620. The minimum absolute atomic E-state index is 0.150. The summed E-state index contributed by atoms with van der Waals surface area (Å²) in [5, 5.41) is 10.9. The van der Waals surface area contributed by atoms with Crippen molar-refractivity contribution in [1.29, 1.82) is 0 Å². The number of nitro groups is 1. The molecule has 7 nitrogen and oxygen atoms in total. The predicted molar refractivity (Wildman–Crippen MR) is 92.0 cm³/mol. The van der Waals surface area contributed by atoms with Crippen molar-refractivity contribution in [3.63, 3.8) is 0 Å². The Kier molecular flexibility index (Phi) is 4.71. The smallest absolute Gasteiger partial charge is 0.269 e. The molecule has 2 aromatic rings. The lowest BCUT2D eigenvalue weighted by Gasteiger charge is -2.26. The molecule has 0 radical (unpaired) electrons. The van der Waals surface area contributed by atoms with E-state index in [1.165, 1.54) is 6.07 Å². The summed E-state index contributed by atoms with van der Waals surface area (Å²) in [4.78, 5) is 23.6. The zero-order valence-corrected chi connectivity index (χ0v) is 13.9. The summed E-state index contributed by atoms with van der Waals surface area (Å²) in [7, 11) is 2.06. The summed E-state index contributed by atoms with van der Waals surface area (Å²) in [5.74, 6) is 0.935. The van der Waals surface area contributed by atoms with Crippen LogP contribution >= 0.6 is 0 Å². The Morgan fingerprint density at radius 1 is 1.38 bits per heavy atom. The molecule has 0 bridgehead atoms. The molecule has 1 unspecified atom stereocenters. The van der Waals surface area contributed by atoms with Gasteiger partial charge in [0.05, 0.1) is 4.92 Å². The largest absolute Gasteiger partial charge is 0.355 e. The number of rotatable bonds is 5. The van der Waals surface area contributed by atoms with Crippen LogP contribution < -0.4 is 4.90 Å². The molecular weight excluding hydrogens is 306 g/mol. The molecular formula is C17H21N5O2. The summed E-state index contributed by atoms with van der Waals surface area (Å²) in [6.45, 7) is 4.58. The lowest BCUT2D eigenvalue weighted by molar-refractivity contribution is -0.384. The summed E-state index contributed by atoms with van der Waals surface area (Å²) >= 11 is 0. The van der Waals surface area contributed by atoms with Gasteiger partial charge in [0.1, 0.15) is 12.1 Å². The summed E-state index contributed by atoms with van der Waals surface area (Å²) in [5.41, 5.74) is 2.08. The molecule has 1 aromatic carbocycles. The monoisotopic (exact) mass is 327 g/mol. The van der Waals surface area contributed by atoms with Gasteiger partial charge in [-0.2, -0.15) is 0 Å². The molecule has 0 aliphatic carbocycles. The molecule has 1 aliphatic rings. The molecule has 2 heterocycles. The third-order valence-corrected chi connectivity index (χ3v) is 4.47. The first-order valence-corrected chi connectivity index (χ1v) is 8.00. The first-order chi connectivity index (χ1) is 11.5. The van der Waals surface area contributed by atoms with Gasteiger partial charge in [0.25, 0.3) is 5.69 Å². The highest BCUT2D eigenvalue weighted by Gasteiger charge is 2.26. The van der Waals surface area contributed by atoms with Gasteiger partial charge >= 0.3 is 0 Å². The second-order valence-electron chi connectivity index (χ2n) is 6.23. The van der Waals surface area contributed by atoms with Gasteiger partial charge in [0.2, 0.25) is 0 Å². The number of nitrogens with zero attached hydrogens (tertiary/aromatic N) is 5. The molecule has 1 aliphatic heterocycles. The molecule has 0 saturated carbocycles. The normalized spacial score (nSPS) is 17.8. The van der Waals surface area contributed by atoms with E-state index < -0.39 is 0 Å². The number of non-ortho nitro benzene ring substituents is 1. The molecule has 7 heteroatoms. The summed E-state index contributed by atoms with van der Waals surface area (Å²) in [6, 6.07) is 9.25. The van der Waals surface area contributed by atoms with Crippen LogP contribution in [-0.2, 0) is 6.54 Å². The van der Waals surface area contributed by atoms with Crippen LogP contribution in [0, 0.1) is 17.0 Å². The summed E-state index contributed by atoms with van der Waals surface area (Å²) in [6.07, 6.45) is 2.64. The van der Waals surface area contributed by atoms with Crippen molar-refractivity contribution >= 4 is 11.5 Å². The van der Waals surface area contributed by atoms with Gasteiger partial charge in [0.15, 0.2) is 0 Å².